The van der Waals surface area contributed by atoms with Gasteiger partial charge in [-0.1, -0.05) is 46.0 Å². The molecule has 1 N–H and O–H groups in total. The quantitative estimate of drug-likeness (QED) is 0.927. The lowest BCUT2D eigenvalue weighted by atomic mass is 9.75. The first kappa shape index (κ1) is 14.9. The Balaban J connectivity index is 1.98. The number of hydrogen-bond acceptors (Lipinski definition) is 5. The van der Waals surface area contributed by atoms with E-state index in [0.29, 0.717) is 5.92 Å². The number of fused-ring (bicyclic) bond motifs is 1. The zero-order valence-corrected chi connectivity index (χ0v) is 14.4. The van der Waals surface area contributed by atoms with Crippen molar-refractivity contribution in [2.45, 2.75) is 58.3 Å². The molecular weight excluding hydrogens is 282 g/mol. The maximum Gasteiger partial charge on any atom is 0.234 e. The molecule has 5 nitrogen and oxygen atoms in total. The number of nitrogens with zero attached hydrogens (tertiary/aromatic N) is 4. The number of rotatable bonds is 2. The van der Waals surface area contributed by atoms with Crippen LogP contribution in [0, 0.1) is 5.92 Å². The van der Waals surface area contributed by atoms with Crippen LogP contribution in [0.3, 0.4) is 0 Å². The van der Waals surface area contributed by atoms with Gasteiger partial charge in [0.2, 0.25) is 4.96 Å². The molecule has 0 radical (unpaired) electrons. The standard InChI is InChI=1S/C15H25N5S/c1-14(2,3)11-17-18-13-20(11)19-12(21-13)15(4,5)10-7-6-8-16-9-10/h10,16H,6-9H2,1-5H3. The van der Waals surface area contributed by atoms with Gasteiger partial charge in [-0.15, -0.1) is 10.2 Å². The number of hydrogen-bond donors (Lipinski definition) is 1. The maximum absolute atomic E-state index is 4.87. The average Bonchev–Trinajstić information content (AvgIpc) is 2.98. The van der Waals surface area contributed by atoms with E-state index < -0.39 is 0 Å². The van der Waals surface area contributed by atoms with Gasteiger partial charge >= 0.3 is 0 Å². The van der Waals surface area contributed by atoms with Crippen molar-refractivity contribution in [3.63, 3.8) is 0 Å². The van der Waals surface area contributed by atoms with Crippen molar-refractivity contribution in [2.24, 2.45) is 5.92 Å². The Morgan fingerprint density at radius 2 is 1.95 bits per heavy atom. The van der Waals surface area contributed by atoms with Crippen LogP contribution >= 0.6 is 11.3 Å². The number of aromatic nitrogens is 4. The summed E-state index contributed by atoms with van der Waals surface area (Å²) in [7, 11) is 0. The fraction of sp³-hybridized carbons (Fsp3) is 0.800. The Morgan fingerprint density at radius 1 is 1.19 bits per heavy atom. The van der Waals surface area contributed by atoms with Crippen molar-refractivity contribution in [3.8, 4) is 0 Å². The predicted molar refractivity (Wildman–Crippen MR) is 86.0 cm³/mol. The van der Waals surface area contributed by atoms with Crippen LogP contribution in [0.2, 0.25) is 0 Å². The van der Waals surface area contributed by atoms with Crippen LogP contribution in [0.5, 0.6) is 0 Å². The molecule has 0 spiro atoms. The molecule has 0 amide bonds. The molecule has 3 rings (SSSR count). The molecule has 0 aromatic carbocycles. The molecule has 3 heterocycles. The lowest BCUT2D eigenvalue weighted by Crippen LogP contribution is -2.40. The molecule has 1 fully saturated rings. The Labute approximate surface area is 130 Å². The summed E-state index contributed by atoms with van der Waals surface area (Å²) in [6.45, 7) is 13.3. The largest absolute Gasteiger partial charge is 0.316 e. The van der Waals surface area contributed by atoms with Crippen molar-refractivity contribution in [2.75, 3.05) is 13.1 Å². The van der Waals surface area contributed by atoms with E-state index in [-0.39, 0.29) is 10.8 Å². The Kier molecular flexibility index (Phi) is 3.56. The molecule has 116 valence electrons. The van der Waals surface area contributed by atoms with E-state index in [9.17, 15) is 0 Å². The van der Waals surface area contributed by atoms with Gasteiger partial charge in [0.25, 0.3) is 0 Å². The first-order chi connectivity index (χ1) is 9.80. The molecule has 2 aromatic rings. The second-order valence-corrected chi connectivity index (χ2v) is 8.60. The second kappa shape index (κ2) is 5.02. The Morgan fingerprint density at radius 3 is 2.57 bits per heavy atom. The van der Waals surface area contributed by atoms with Crippen molar-refractivity contribution >= 4 is 16.3 Å². The van der Waals surface area contributed by atoms with Crippen molar-refractivity contribution < 1.29 is 0 Å². The van der Waals surface area contributed by atoms with Crippen LogP contribution < -0.4 is 5.32 Å². The van der Waals surface area contributed by atoms with Crippen molar-refractivity contribution in [1.29, 1.82) is 0 Å². The predicted octanol–water partition coefficient (Wildman–Crippen LogP) is 2.76. The smallest absolute Gasteiger partial charge is 0.234 e. The lowest BCUT2D eigenvalue weighted by Gasteiger charge is -2.35. The van der Waals surface area contributed by atoms with Gasteiger partial charge in [-0.05, 0) is 31.8 Å². The van der Waals surface area contributed by atoms with E-state index in [0.717, 1.165) is 23.9 Å². The molecule has 1 atom stereocenters. The Hall–Kier alpha value is -1.01. The summed E-state index contributed by atoms with van der Waals surface area (Å²) in [5.41, 5.74) is 0.0369. The van der Waals surface area contributed by atoms with Gasteiger partial charge in [-0.2, -0.15) is 9.61 Å². The molecule has 21 heavy (non-hydrogen) atoms. The summed E-state index contributed by atoms with van der Waals surface area (Å²) < 4.78 is 1.94. The third kappa shape index (κ3) is 2.59. The fourth-order valence-electron chi connectivity index (χ4n) is 2.99. The van der Waals surface area contributed by atoms with E-state index >= 15 is 0 Å². The maximum atomic E-state index is 4.87. The summed E-state index contributed by atoms with van der Waals surface area (Å²) in [6.07, 6.45) is 2.53. The summed E-state index contributed by atoms with van der Waals surface area (Å²) in [4.78, 5) is 0.909. The van der Waals surface area contributed by atoms with Gasteiger partial charge < -0.3 is 5.32 Å². The Bertz CT molecular complexity index is 628. The average molecular weight is 307 g/mol. The third-order valence-corrected chi connectivity index (χ3v) is 5.77. The minimum Gasteiger partial charge on any atom is -0.316 e. The molecule has 1 saturated heterocycles. The lowest BCUT2D eigenvalue weighted by molar-refractivity contribution is 0.249. The molecule has 1 unspecified atom stereocenters. The van der Waals surface area contributed by atoms with E-state index in [2.05, 4.69) is 50.1 Å². The zero-order valence-electron chi connectivity index (χ0n) is 13.6. The molecule has 1 aliphatic rings. The first-order valence-electron chi connectivity index (χ1n) is 7.74. The fourth-order valence-corrected chi connectivity index (χ4v) is 4.01. The molecule has 6 heteroatoms. The first-order valence-corrected chi connectivity index (χ1v) is 8.56. The summed E-state index contributed by atoms with van der Waals surface area (Å²) in [5, 5.41) is 18.2. The van der Waals surface area contributed by atoms with Gasteiger partial charge in [0, 0.05) is 10.8 Å². The normalized spacial score (nSPS) is 21.1. The summed E-state index contributed by atoms with van der Waals surface area (Å²) in [5.74, 6) is 1.57. The minimum absolute atomic E-state index is 0.0404. The molecule has 1 aliphatic heterocycles. The number of nitrogens with one attached hydrogen (secondary N) is 1. The van der Waals surface area contributed by atoms with Crippen LogP contribution in [-0.4, -0.2) is 32.9 Å². The van der Waals surface area contributed by atoms with Gasteiger partial charge in [0.05, 0.1) is 0 Å². The van der Waals surface area contributed by atoms with Crippen molar-refractivity contribution in [3.05, 3.63) is 10.8 Å². The monoisotopic (exact) mass is 307 g/mol. The van der Waals surface area contributed by atoms with Gasteiger partial charge in [0.1, 0.15) is 5.01 Å². The highest BCUT2D eigenvalue weighted by atomic mass is 32.1. The van der Waals surface area contributed by atoms with Crippen LogP contribution in [-0.2, 0) is 10.8 Å². The van der Waals surface area contributed by atoms with Gasteiger partial charge in [-0.3, -0.25) is 0 Å². The van der Waals surface area contributed by atoms with Gasteiger partial charge in [-0.25, -0.2) is 0 Å². The van der Waals surface area contributed by atoms with E-state index in [1.165, 1.54) is 17.8 Å². The molecular formula is C15H25N5S. The molecule has 0 bridgehead atoms. The highest BCUT2D eigenvalue weighted by Gasteiger charge is 2.36. The van der Waals surface area contributed by atoms with Crippen LogP contribution in [0.25, 0.3) is 4.96 Å². The second-order valence-electron chi connectivity index (χ2n) is 7.64. The number of piperidine rings is 1. The molecule has 0 aliphatic carbocycles. The molecule has 0 saturated carbocycles. The topological polar surface area (TPSA) is 55.1 Å². The highest BCUT2D eigenvalue weighted by Crippen LogP contribution is 2.38. The van der Waals surface area contributed by atoms with E-state index in [1.807, 2.05) is 4.52 Å². The summed E-state index contributed by atoms with van der Waals surface area (Å²) >= 11 is 1.69. The zero-order chi connectivity index (χ0) is 15.3. The van der Waals surface area contributed by atoms with E-state index in [4.69, 9.17) is 5.10 Å². The SMILES string of the molecule is CC(C)(C)c1nnc2sc(C(C)(C)C3CCCNC3)nn12. The van der Waals surface area contributed by atoms with Crippen molar-refractivity contribution in [1.82, 2.24) is 25.1 Å². The van der Waals surface area contributed by atoms with Gasteiger partial charge in [0.15, 0.2) is 5.82 Å². The van der Waals surface area contributed by atoms with Crippen LogP contribution in [0.4, 0.5) is 0 Å². The van der Waals surface area contributed by atoms with E-state index in [1.54, 1.807) is 11.3 Å². The third-order valence-electron chi connectivity index (χ3n) is 4.53. The highest BCUT2D eigenvalue weighted by molar-refractivity contribution is 7.16. The minimum atomic E-state index is -0.0404. The van der Waals surface area contributed by atoms with Crippen LogP contribution in [0.1, 0.15) is 58.3 Å². The molecule has 2 aromatic heterocycles. The van der Waals surface area contributed by atoms with Crippen LogP contribution in [0.15, 0.2) is 0 Å². The summed E-state index contributed by atoms with van der Waals surface area (Å²) in [6, 6.07) is 0.